The number of pyridine rings is 1. The number of halogens is 1. The number of fused-ring (bicyclic) bond motifs is 1. The van der Waals surface area contributed by atoms with Crippen LogP contribution < -0.4 is 0 Å². The van der Waals surface area contributed by atoms with Gasteiger partial charge in [-0.25, -0.2) is 0 Å². The van der Waals surface area contributed by atoms with Gasteiger partial charge in [0.25, 0.3) is 0 Å². The van der Waals surface area contributed by atoms with Gasteiger partial charge in [0.15, 0.2) is 0 Å². The average Bonchev–Trinajstić information content (AvgIpc) is 2.26. The molecular formula is C14H16ClNO. The molecule has 0 bridgehead atoms. The standard InChI is InChI=1S/C14H16ClNO/c1-14(2,3)13-6-9(8-17)11-7-10(15)4-5-12(11)16-13/h4-7,17H,8H2,1-3H3. The number of hydrogen-bond acceptors (Lipinski definition) is 2. The van der Waals surface area contributed by atoms with Crippen LogP contribution in [0.15, 0.2) is 24.3 Å². The Kier molecular flexibility index (Phi) is 3.11. The molecule has 0 fully saturated rings. The summed E-state index contributed by atoms with van der Waals surface area (Å²) in [5.41, 5.74) is 2.71. The fourth-order valence-electron chi connectivity index (χ4n) is 1.78. The molecule has 1 aromatic carbocycles. The molecule has 1 aromatic heterocycles. The van der Waals surface area contributed by atoms with Crippen LogP contribution in [0.25, 0.3) is 10.9 Å². The van der Waals surface area contributed by atoms with Gasteiger partial charge >= 0.3 is 0 Å². The van der Waals surface area contributed by atoms with Crippen molar-refractivity contribution in [2.45, 2.75) is 32.8 Å². The number of aromatic nitrogens is 1. The number of nitrogens with zero attached hydrogens (tertiary/aromatic N) is 1. The Morgan fingerprint density at radius 3 is 2.53 bits per heavy atom. The first-order chi connectivity index (χ1) is 7.91. The zero-order chi connectivity index (χ0) is 12.6. The zero-order valence-corrected chi connectivity index (χ0v) is 11.0. The highest BCUT2D eigenvalue weighted by atomic mass is 35.5. The van der Waals surface area contributed by atoms with Crippen molar-refractivity contribution in [3.8, 4) is 0 Å². The lowest BCUT2D eigenvalue weighted by atomic mass is 9.90. The van der Waals surface area contributed by atoms with Crippen LogP contribution in [-0.2, 0) is 12.0 Å². The Morgan fingerprint density at radius 1 is 1.24 bits per heavy atom. The Balaban J connectivity index is 2.75. The van der Waals surface area contributed by atoms with Crippen molar-refractivity contribution < 1.29 is 5.11 Å². The summed E-state index contributed by atoms with van der Waals surface area (Å²) in [6.07, 6.45) is 0. The molecule has 17 heavy (non-hydrogen) atoms. The number of rotatable bonds is 1. The molecule has 0 atom stereocenters. The van der Waals surface area contributed by atoms with Gasteiger partial charge in [0, 0.05) is 21.5 Å². The monoisotopic (exact) mass is 249 g/mol. The van der Waals surface area contributed by atoms with E-state index in [1.54, 1.807) is 0 Å². The maximum absolute atomic E-state index is 9.45. The third kappa shape index (κ3) is 2.43. The summed E-state index contributed by atoms with van der Waals surface area (Å²) in [5.74, 6) is 0. The van der Waals surface area contributed by atoms with Gasteiger partial charge in [-0.15, -0.1) is 0 Å². The van der Waals surface area contributed by atoms with Crippen LogP contribution in [0.3, 0.4) is 0 Å². The minimum absolute atomic E-state index is 0.00242. The van der Waals surface area contributed by atoms with Gasteiger partial charge in [0.1, 0.15) is 0 Å². The lowest BCUT2D eigenvalue weighted by Gasteiger charge is -2.19. The first-order valence-electron chi connectivity index (χ1n) is 5.62. The van der Waals surface area contributed by atoms with Crippen molar-refractivity contribution in [1.82, 2.24) is 4.98 Å². The van der Waals surface area contributed by atoms with E-state index in [1.165, 1.54) is 0 Å². The number of aliphatic hydroxyl groups excluding tert-OH is 1. The predicted octanol–water partition coefficient (Wildman–Crippen LogP) is 3.68. The molecule has 0 aliphatic heterocycles. The number of benzene rings is 1. The van der Waals surface area contributed by atoms with E-state index in [2.05, 4.69) is 25.8 Å². The van der Waals surface area contributed by atoms with Crippen LogP contribution in [0.5, 0.6) is 0 Å². The first kappa shape index (κ1) is 12.3. The van der Waals surface area contributed by atoms with E-state index in [1.807, 2.05) is 24.3 Å². The molecule has 3 heteroatoms. The molecule has 0 aliphatic carbocycles. The maximum Gasteiger partial charge on any atom is 0.0710 e. The van der Waals surface area contributed by atoms with E-state index >= 15 is 0 Å². The second-order valence-corrected chi connectivity index (χ2v) is 5.67. The second kappa shape index (κ2) is 4.28. The van der Waals surface area contributed by atoms with Gasteiger partial charge in [0.05, 0.1) is 12.1 Å². The number of aliphatic hydroxyl groups is 1. The van der Waals surface area contributed by atoms with Crippen molar-refractivity contribution in [3.05, 3.63) is 40.5 Å². The molecule has 2 nitrogen and oxygen atoms in total. The van der Waals surface area contributed by atoms with E-state index < -0.39 is 0 Å². The molecule has 2 rings (SSSR count). The zero-order valence-electron chi connectivity index (χ0n) is 10.3. The molecule has 0 aliphatic rings. The van der Waals surface area contributed by atoms with Gasteiger partial charge in [-0.2, -0.15) is 0 Å². The highest BCUT2D eigenvalue weighted by Gasteiger charge is 2.17. The van der Waals surface area contributed by atoms with E-state index in [0.29, 0.717) is 5.02 Å². The van der Waals surface area contributed by atoms with Crippen molar-refractivity contribution >= 4 is 22.5 Å². The molecule has 0 unspecified atom stereocenters. The van der Waals surface area contributed by atoms with Gasteiger partial charge in [-0.1, -0.05) is 32.4 Å². The maximum atomic E-state index is 9.45. The first-order valence-corrected chi connectivity index (χ1v) is 6.00. The van der Waals surface area contributed by atoms with E-state index in [4.69, 9.17) is 11.6 Å². The van der Waals surface area contributed by atoms with Crippen molar-refractivity contribution in [2.75, 3.05) is 0 Å². The summed E-state index contributed by atoms with van der Waals surface area (Å²) in [7, 11) is 0. The summed E-state index contributed by atoms with van der Waals surface area (Å²) in [4.78, 5) is 4.63. The molecule has 0 spiro atoms. The Hall–Kier alpha value is -1.12. The van der Waals surface area contributed by atoms with Crippen molar-refractivity contribution in [2.24, 2.45) is 0 Å². The normalized spacial score (nSPS) is 12.1. The summed E-state index contributed by atoms with van der Waals surface area (Å²) in [6.45, 7) is 6.33. The topological polar surface area (TPSA) is 33.1 Å². The van der Waals surface area contributed by atoms with E-state index in [9.17, 15) is 5.11 Å². The van der Waals surface area contributed by atoms with Crippen LogP contribution in [0, 0.1) is 0 Å². The molecule has 2 aromatic rings. The number of hydrogen-bond donors (Lipinski definition) is 1. The minimum atomic E-state index is -0.0300. The molecule has 1 heterocycles. The Labute approximate surface area is 106 Å². The fraction of sp³-hybridized carbons (Fsp3) is 0.357. The third-order valence-corrected chi connectivity index (χ3v) is 3.03. The van der Waals surface area contributed by atoms with Crippen LogP contribution >= 0.6 is 11.6 Å². The van der Waals surface area contributed by atoms with E-state index in [-0.39, 0.29) is 12.0 Å². The fourth-order valence-corrected chi connectivity index (χ4v) is 1.95. The quantitative estimate of drug-likeness (QED) is 0.836. The third-order valence-electron chi connectivity index (χ3n) is 2.80. The lowest BCUT2D eigenvalue weighted by molar-refractivity contribution is 0.283. The minimum Gasteiger partial charge on any atom is -0.392 e. The van der Waals surface area contributed by atoms with Crippen LogP contribution in [0.4, 0.5) is 0 Å². The summed E-state index contributed by atoms with van der Waals surface area (Å²) in [5, 5.41) is 11.0. The van der Waals surface area contributed by atoms with Gasteiger partial charge in [-0.05, 0) is 29.8 Å². The molecule has 0 saturated carbocycles. The van der Waals surface area contributed by atoms with Crippen LogP contribution in [0.2, 0.25) is 5.02 Å². The molecule has 0 radical (unpaired) electrons. The Bertz CT molecular complexity index is 558. The van der Waals surface area contributed by atoms with E-state index in [0.717, 1.165) is 22.2 Å². The molecule has 1 N–H and O–H groups in total. The molecular weight excluding hydrogens is 234 g/mol. The van der Waals surface area contributed by atoms with Crippen molar-refractivity contribution in [3.63, 3.8) is 0 Å². The SMILES string of the molecule is CC(C)(C)c1cc(CO)c2cc(Cl)ccc2n1. The van der Waals surface area contributed by atoms with Crippen molar-refractivity contribution in [1.29, 1.82) is 0 Å². The largest absolute Gasteiger partial charge is 0.392 e. The summed E-state index contributed by atoms with van der Waals surface area (Å²) in [6, 6.07) is 7.52. The smallest absolute Gasteiger partial charge is 0.0710 e. The Morgan fingerprint density at radius 2 is 1.94 bits per heavy atom. The second-order valence-electron chi connectivity index (χ2n) is 5.24. The van der Waals surface area contributed by atoms with Gasteiger partial charge < -0.3 is 5.11 Å². The van der Waals surface area contributed by atoms with Gasteiger partial charge in [0.2, 0.25) is 0 Å². The molecule has 90 valence electrons. The van der Waals surface area contributed by atoms with Crippen LogP contribution in [-0.4, -0.2) is 10.1 Å². The molecule has 0 amide bonds. The summed E-state index contributed by atoms with van der Waals surface area (Å²) < 4.78 is 0. The molecule has 0 saturated heterocycles. The van der Waals surface area contributed by atoms with Gasteiger partial charge in [-0.3, -0.25) is 4.98 Å². The predicted molar refractivity (Wildman–Crippen MR) is 71.4 cm³/mol. The lowest BCUT2D eigenvalue weighted by Crippen LogP contribution is -2.14. The highest BCUT2D eigenvalue weighted by Crippen LogP contribution is 2.27. The van der Waals surface area contributed by atoms with Crippen LogP contribution in [0.1, 0.15) is 32.0 Å². The highest BCUT2D eigenvalue weighted by molar-refractivity contribution is 6.31. The summed E-state index contributed by atoms with van der Waals surface area (Å²) >= 11 is 5.97. The average molecular weight is 250 g/mol.